The Morgan fingerprint density at radius 1 is 1.83 bits per heavy atom. The molecular formula is C3H5NOS. The van der Waals surface area contributed by atoms with Crippen molar-refractivity contribution in [2.75, 3.05) is 5.75 Å². The fraction of sp³-hybridized carbons (Fsp3) is 0.667. The predicted molar refractivity (Wildman–Crippen MR) is 25.9 cm³/mol. The lowest BCUT2D eigenvalue weighted by Gasteiger charge is -1.82. The van der Waals surface area contributed by atoms with E-state index in [1.54, 1.807) is 0 Å². The highest BCUT2D eigenvalue weighted by Gasteiger charge is 2.06. The molecule has 6 heavy (non-hydrogen) atoms. The molecule has 1 aliphatic heterocycles. The molecule has 1 fully saturated rings. The van der Waals surface area contributed by atoms with Crippen LogP contribution in [-0.2, 0) is 4.18 Å². The standard InChI is InChI=1S/C3H5NOS/c4-3-1-2-6-5-3/h4H,1-2H2. The summed E-state index contributed by atoms with van der Waals surface area (Å²) in [5, 5.41) is 6.81. The molecule has 0 radical (unpaired) electrons. The average Bonchev–Trinajstić information content (AvgIpc) is 1.86. The molecule has 0 atom stereocenters. The molecule has 0 amide bonds. The molecule has 3 heteroatoms. The summed E-state index contributed by atoms with van der Waals surface area (Å²) in [5.41, 5.74) is 0. The third kappa shape index (κ3) is 0.653. The summed E-state index contributed by atoms with van der Waals surface area (Å²) in [4.78, 5) is 0. The molecular weight excluding hydrogens is 98.1 g/mol. The molecule has 1 heterocycles. The molecule has 1 saturated heterocycles. The van der Waals surface area contributed by atoms with Crippen LogP contribution >= 0.6 is 12.0 Å². The van der Waals surface area contributed by atoms with Crippen molar-refractivity contribution in [3.05, 3.63) is 0 Å². The minimum absolute atomic E-state index is 0.417. The highest BCUT2D eigenvalue weighted by Crippen LogP contribution is 2.14. The predicted octanol–water partition coefficient (Wildman–Crippen LogP) is 1.03. The maximum Gasteiger partial charge on any atom is 0.197 e. The van der Waals surface area contributed by atoms with Gasteiger partial charge in [-0.2, -0.15) is 0 Å². The molecule has 2 nitrogen and oxygen atoms in total. The second kappa shape index (κ2) is 1.51. The van der Waals surface area contributed by atoms with Crippen molar-refractivity contribution in [1.29, 1.82) is 5.41 Å². The van der Waals surface area contributed by atoms with Crippen LogP contribution in [0.2, 0.25) is 0 Å². The first-order chi connectivity index (χ1) is 2.89. The van der Waals surface area contributed by atoms with Crippen molar-refractivity contribution in [3.8, 4) is 0 Å². The molecule has 1 rings (SSSR count). The van der Waals surface area contributed by atoms with Crippen LogP contribution in [0.25, 0.3) is 0 Å². The lowest BCUT2D eigenvalue weighted by Crippen LogP contribution is -1.84. The van der Waals surface area contributed by atoms with Crippen molar-refractivity contribution in [2.24, 2.45) is 0 Å². The van der Waals surface area contributed by atoms with E-state index in [9.17, 15) is 0 Å². The van der Waals surface area contributed by atoms with Crippen molar-refractivity contribution in [2.45, 2.75) is 6.42 Å². The Morgan fingerprint density at radius 3 is 2.83 bits per heavy atom. The maximum absolute atomic E-state index is 6.81. The van der Waals surface area contributed by atoms with Gasteiger partial charge in [0.05, 0.1) is 12.0 Å². The lowest BCUT2D eigenvalue weighted by molar-refractivity contribution is 0.645. The van der Waals surface area contributed by atoms with Crippen LogP contribution in [-0.4, -0.2) is 11.7 Å². The quantitative estimate of drug-likeness (QED) is 0.464. The van der Waals surface area contributed by atoms with Crippen molar-refractivity contribution >= 4 is 17.9 Å². The third-order valence-corrected chi connectivity index (χ3v) is 1.26. The molecule has 0 aromatic heterocycles. The normalized spacial score (nSPS) is 21.0. The molecule has 0 aliphatic carbocycles. The van der Waals surface area contributed by atoms with Gasteiger partial charge < -0.3 is 4.18 Å². The first-order valence-corrected chi connectivity index (χ1v) is 2.67. The van der Waals surface area contributed by atoms with Crippen LogP contribution in [0.1, 0.15) is 6.42 Å². The topological polar surface area (TPSA) is 33.1 Å². The van der Waals surface area contributed by atoms with E-state index in [0.717, 1.165) is 12.2 Å². The summed E-state index contributed by atoms with van der Waals surface area (Å²) in [6.07, 6.45) is 0.810. The second-order valence-electron chi connectivity index (χ2n) is 1.08. The Bertz CT molecular complexity index is 65.2. The number of hydrogen-bond acceptors (Lipinski definition) is 3. The first kappa shape index (κ1) is 3.99. The van der Waals surface area contributed by atoms with E-state index in [-0.39, 0.29) is 0 Å². The van der Waals surface area contributed by atoms with E-state index in [1.807, 2.05) is 0 Å². The van der Waals surface area contributed by atoms with E-state index in [0.29, 0.717) is 5.90 Å². The van der Waals surface area contributed by atoms with E-state index in [4.69, 9.17) is 5.41 Å². The second-order valence-corrected chi connectivity index (χ2v) is 1.89. The Kier molecular flexibility index (Phi) is 1.01. The monoisotopic (exact) mass is 103 g/mol. The minimum atomic E-state index is 0.417. The third-order valence-electron chi connectivity index (χ3n) is 0.572. The molecule has 34 valence electrons. The zero-order valence-corrected chi connectivity index (χ0v) is 4.05. The molecule has 0 spiro atoms. The molecule has 1 N–H and O–H groups in total. The van der Waals surface area contributed by atoms with Gasteiger partial charge in [-0.15, -0.1) is 0 Å². The average molecular weight is 103 g/mol. The molecule has 1 aliphatic rings. The smallest absolute Gasteiger partial charge is 0.197 e. The number of hydrogen-bond donors (Lipinski definition) is 1. The van der Waals surface area contributed by atoms with Crippen LogP contribution in [0, 0.1) is 5.41 Å². The summed E-state index contributed by atoms with van der Waals surface area (Å²) < 4.78 is 4.65. The van der Waals surface area contributed by atoms with Gasteiger partial charge in [-0.25, -0.2) is 0 Å². The minimum Gasteiger partial charge on any atom is -0.411 e. The van der Waals surface area contributed by atoms with Crippen LogP contribution in [0.15, 0.2) is 0 Å². The van der Waals surface area contributed by atoms with E-state index in [2.05, 4.69) is 4.18 Å². The van der Waals surface area contributed by atoms with Crippen molar-refractivity contribution in [3.63, 3.8) is 0 Å². The molecule has 0 aromatic carbocycles. The highest BCUT2D eigenvalue weighted by molar-refractivity contribution is 7.95. The Labute approximate surface area is 40.6 Å². The maximum atomic E-state index is 6.81. The van der Waals surface area contributed by atoms with Gasteiger partial charge >= 0.3 is 0 Å². The van der Waals surface area contributed by atoms with E-state index < -0.39 is 0 Å². The van der Waals surface area contributed by atoms with E-state index in [1.165, 1.54) is 12.0 Å². The van der Waals surface area contributed by atoms with Crippen LogP contribution in [0.5, 0.6) is 0 Å². The van der Waals surface area contributed by atoms with Crippen LogP contribution in [0.4, 0.5) is 0 Å². The van der Waals surface area contributed by atoms with Crippen LogP contribution < -0.4 is 0 Å². The number of nitrogens with one attached hydrogen (secondary N) is 1. The van der Waals surface area contributed by atoms with E-state index >= 15 is 0 Å². The van der Waals surface area contributed by atoms with Gasteiger partial charge in [-0.1, -0.05) is 0 Å². The lowest BCUT2D eigenvalue weighted by atomic mass is 10.5. The van der Waals surface area contributed by atoms with Gasteiger partial charge in [-0.3, -0.25) is 5.41 Å². The van der Waals surface area contributed by atoms with Crippen molar-refractivity contribution < 1.29 is 4.18 Å². The fourth-order valence-corrected chi connectivity index (χ4v) is 0.866. The summed E-state index contributed by atoms with van der Waals surface area (Å²) in [6, 6.07) is 0. The fourth-order valence-electron chi connectivity index (χ4n) is 0.289. The van der Waals surface area contributed by atoms with Crippen molar-refractivity contribution in [1.82, 2.24) is 0 Å². The Balaban J connectivity index is 2.37. The largest absolute Gasteiger partial charge is 0.411 e. The SMILES string of the molecule is N=C1CCSO1. The summed E-state index contributed by atoms with van der Waals surface area (Å²) in [7, 11) is 0. The molecule has 0 saturated carbocycles. The van der Waals surface area contributed by atoms with Gasteiger partial charge in [0.1, 0.15) is 0 Å². The van der Waals surface area contributed by atoms with Gasteiger partial charge in [0, 0.05) is 12.2 Å². The van der Waals surface area contributed by atoms with Crippen LogP contribution in [0.3, 0.4) is 0 Å². The number of rotatable bonds is 0. The highest BCUT2D eigenvalue weighted by atomic mass is 32.2. The zero-order chi connectivity index (χ0) is 4.41. The van der Waals surface area contributed by atoms with Gasteiger partial charge in [0.2, 0.25) is 0 Å². The van der Waals surface area contributed by atoms with Gasteiger partial charge in [-0.05, 0) is 0 Å². The zero-order valence-electron chi connectivity index (χ0n) is 3.23. The summed E-state index contributed by atoms with van der Waals surface area (Å²) in [6.45, 7) is 0. The Morgan fingerprint density at radius 2 is 2.67 bits per heavy atom. The van der Waals surface area contributed by atoms with Gasteiger partial charge in [0.15, 0.2) is 5.90 Å². The molecule has 0 unspecified atom stereocenters. The Hall–Kier alpha value is -0.180. The van der Waals surface area contributed by atoms with Gasteiger partial charge in [0.25, 0.3) is 0 Å². The molecule has 0 bridgehead atoms. The first-order valence-electron chi connectivity index (χ1n) is 1.76. The molecule has 0 aromatic rings. The summed E-state index contributed by atoms with van der Waals surface area (Å²) in [5.74, 6) is 1.37. The summed E-state index contributed by atoms with van der Waals surface area (Å²) >= 11 is 1.36.